The van der Waals surface area contributed by atoms with Gasteiger partial charge in [0.25, 0.3) is 0 Å². The molecular weight excluding hydrogens is 252 g/mol. The molecule has 0 unspecified atom stereocenters. The van der Waals surface area contributed by atoms with Crippen LogP contribution < -0.4 is 4.74 Å². The van der Waals surface area contributed by atoms with Crippen molar-refractivity contribution in [2.24, 2.45) is 0 Å². The van der Waals surface area contributed by atoms with Crippen molar-refractivity contribution >= 4 is 0 Å². The van der Waals surface area contributed by atoms with Crippen LogP contribution >= 0.6 is 0 Å². The molecule has 1 heterocycles. The Morgan fingerprint density at radius 2 is 1.60 bits per heavy atom. The Morgan fingerprint density at radius 1 is 0.950 bits per heavy atom. The third-order valence-corrected chi connectivity index (χ3v) is 3.54. The zero-order chi connectivity index (χ0) is 14.0. The molecule has 0 aliphatic carbocycles. The van der Waals surface area contributed by atoms with Crippen LogP contribution in [0.1, 0.15) is 57.3 Å². The third kappa shape index (κ3) is 5.14. The van der Waals surface area contributed by atoms with Crippen molar-refractivity contribution in [2.75, 3.05) is 19.8 Å². The molecule has 3 nitrogen and oxygen atoms in total. The average molecular weight is 278 g/mol. The predicted octanol–water partition coefficient (Wildman–Crippen LogP) is 4.47. The molecule has 1 saturated heterocycles. The fraction of sp³-hybridized carbons (Fsp3) is 0.647. The van der Waals surface area contributed by atoms with Crippen molar-refractivity contribution in [3.05, 3.63) is 29.8 Å². The molecule has 0 aromatic heterocycles. The molecule has 0 saturated carbocycles. The smallest absolute Gasteiger partial charge is 0.184 e. The maximum atomic E-state index is 5.75. The van der Waals surface area contributed by atoms with Gasteiger partial charge in [-0.25, -0.2) is 0 Å². The van der Waals surface area contributed by atoms with Crippen LogP contribution in [-0.4, -0.2) is 19.8 Å². The van der Waals surface area contributed by atoms with Gasteiger partial charge >= 0.3 is 0 Å². The molecule has 1 aromatic rings. The monoisotopic (exact) mass is 278 g/mol. The van der Waals surface area contributed by atoms with Crippen LogP contribution in [0.5, 0.6) is 5.75 Å². The average Bonchev–Trinajstić information content (AvgIpc) is 3.01. The molecule has 1 aliphatic heterocycles. The molecule has 3 heteroatoms. The first kappa shape index (κ1) is 15.3. The highest BCUT2D eigenvalue weighted by molar-refractivity contribution is 5.28. The molecule has 0 N–H and O–H groups in total. The van der Waals surface area contributed by atoms with Gasteiger partial charge in [-0.05, 0) is 18.6 Å². The first-order chi connectivity index (χ1) is 9.90. The fourth-order valence-electron chi connectivity index (χ4n) is 2.34. The van der Waals surface area contributed by atoms with Crippen LogP contribution in [0.3, 0.4) is 0 Å². The molecule has 1 fully saturated rings. The number of hydrogen-bond donors (Lipinski definition) is 0. The van der Waals surface area contributed by atoms with E-state index in [0.29, 0.717) is 13.2 Å². The third-order valence-electron chi connectivity index (χ3n) is 3.54. The van der Waals surface area contributed by atoms with E-state index in [1.54, 1.807) is 0 Å². The minimum atomic E-state index is -0.192. The van der Waals surface area contributed by atoms with E-state index in [1.807, 2.05) is 24.3 Å². The van der Waals surface area contributed by atoms with Crippen molar-refractivity contribution in [1.82, 2.24) is 0 Å². The maximum Gasteiger partial charge on any atom is 0.184 e. The van der Waals surface area contributed by atoms with Crippen LogP contribution in [0.25, 0.3) is 0 Å². The molecule has 20 heavy (non-hydrogen) atoms. The van der Waals surface area contributed by atoms with Gasteiger partial charge in [-0.15, -0.1) is 0 Å². The van der Waals surface area contributed by atoms with E-state index in [0.717, 1.165) is 24.3 Å². The summed E-state index contributed by atoms with van der Waals surface area (Å²) in [7, 11) is 0. The van der Waals surface area contributed by atoms with E-state index in [1.165, 1.54) is 32.1 Å². The summed E-state index contributed by atoms with van der Waals surface area (Å²) in [4.78, 5) is 0. The molecule has 0 bridgehead atoms. The normalized spacial score (nSPS) is 15.7. The molecule has 112 valence electrons. The summed E-state index contributed by atoms with van der Waals surface area (Å²) in [6.07, 6.45) is 7.55. The lowest BCUT2D eigenvalue weighted by Gasteiger charge is -2.10. The molecular formula is C17H26O3. The lowest BCUT2D eigenvalue weighted by molar-refractivity contribution is -0.0441. The molecule has 0 spiro atoms. The Hall–Kier alpha value is -1.06. The van der Waals surface area contributed by atoms with E-state index in [2.05, 4.69) is 6.92 Å². The second kappa shape index (κ2) is 8.98. The first-order valence-electron chi connectivity index (χ1n) is 7.86. The van der Waals surface area contributed by atoms with Crippen molar-refractivity contribution in [3.63, 3.8) is 0 Å². The second-order valence-corrected chi connectivity index (χ2v) is 5.26. The van der Waals surface area contributed by atoms with Gasteiger partial charge in [-0.1, -0.05) is 51.2 Å². The maximum absolute atomic E-state index is 5.75. The van der Waals surface area contributed by atoms with Crippen molar-refractivity contribution < 1.29 is 14.2 Å². The fourth-order valence-corrected chi connectivity index (χ4v) is 2.34. The number of unbranched alkanes of at least 4 members (excludes halogenated alkanes) is 5. The van der Waals surface area contributed by atoms with Crippen molar-refractivity contribution in [1.29, 1.82) is 0 Å². The molecule has 2 rings (SSSR count). The number of hydrogen-bond acceptors (Lipinski definition) is 3. The topological polar surface area (TPSA) is 27.7 Å². The van der Waals surface area contributed by atoms with Crippen molar-refractivity contribution in [2.45, 2.75) is 51.7 Å². The van der Waals surface area contributed by atoms with Gasteiger partial charge in [0.15, 0.2) is 6.29 Å². The number of benzene rings is 1. The van der Waals surface area contributed by atoms with E-state index in [4.69, 9.17) is 14.2 Å². The quantitative estimate of drug-likeness (QED) is 0.624. The Balaban J connectivity index is 1.61. The molecule has 1 aromatic carbocycles. The van der Waals surface area contributed by atoms with E-state index >= 15 is 0 Å². The lowest BCUT2D eigenvalue weighted by Crippen LogP contribution is -2.00. The minimum Gasteiger partial charge on any atom is -0.494 e. The van der Waals surface area contributed by atoms with Gasteiger partial charge in [-0.2, -0.15) is 0 Å². The van der Waals surface area contributed by atoms with Gasteiger partial charge in [0, 0.05) is 5.56 Å². The largest absolute Gasteiger partial charge is 0.494 e. The van der Waals surface area contributed by atoms with Crippen LogP contribution in [0.2, 0.25) is 0 Å². The summed E-state index contributed by atoms with van der Waals surface area (Å²) in [6.45, 7) is 4.41. The van der Waals surface area contributed by atoms with E-state index in [-0.39, 0.29) is 6.29 Å². The standard InChI is InChI=1S/C17H26O3/c1-2-3-4-5-6-7-12-18-16-10-8-15(9-11-16)17-19-13-14-20-17/h8-11,17H,2-7,12-14H2,1H3. The summed E-state index contributed by atoms with van der Waals surface area (Å²) in [5, 5.41) is 0. The zero-order valence-corrected chi connectivity index (χ0v) is 12.5. The van der Waals surface area contributed by atoms with E-state index < -0.39 is 0 Å². The SMILES string of the molecule is CCCCCCCCOc1ccc(C2OCCO2)cc1. The molecule has 0 radical (unpaired) electrons. The van der Waals surface area contributed by atoms with Crippen molar-refractivity contribution in [3.8, 4) is 5.75 Å². The van der Waals surface area contributed by atoms with Gasteiger partial charge in [0.2, 0.25) is 0 Å². The Kier molecular flexibility index (Phi) is 6.89. The second-order valence-electron chi connectivity index (χ2n) is 5.26. The van der Waals surface area contributed by atoms with Crippen LogP contribution in [-0.2, 0) is 9.47 Å². The molecule has 0 atom stereocenters. The first-order valence-corrected chi connectivity index (χ1v) is 7.86. The van der Waals surface area contributed by atoms with Gasteiger partial charge in [-0.3, -0.25) is 0 Å². The number of ether oxygens (including phenoxy) is 3. The summed E-state index contributed by atoms with van der Waals surface area (Å²) < 4.78 is 16.7. The van der Waals surface area contributed by atoms with Gasteiger partial charge in [0.1, 0.15) is 5.75 Å². The Bertz CT molecular complexity index is 355. The lowest BCUT2D eigenvalue weighted by atomic mass is 10.1. The highest BCUT2D eigenvalue weighted by Gasteiger charge is 2.17. The highest BCUT2D eigenvalue weighted by atomic mass is 16.7. The summed E-state index contributed by atoms with van der Waals surface area (Å²) >= 11 is 0. The summed E-state index contributed by atoms with van der Waals surface area (Å²) in [5.74, 6) is 0.931. The molecule has 1 aliphatic rings. The summed E-state index contributed by atoms with van der Waals surface area (Å²) in [6, 6.07) is 8.04. The number of rotatable bonds is 9. The predicted molar refractivity (Wildman–Crippen MR) is 80.0 cm³/mol. The Labute approximate surface area is 122 Å². The Morgan fingerprint density at radius 3 is 2.30 bits per heavy atom. The van der Waals surface area contributed by atoms with Crippen LogP contribution in [0, 0.1) is 0 Å². The van der Waals surface area contributed by atoms with E-state index in [9.17, 15) is 0 Å². The van der Waals surface area contributed by atoms with Gasteiger partial charge in [0.05, 0.1) is 19.8 Å². The van der Waals surface area contributed by atoms with Crippen LogP contribution in [0.4, 0.5) is 0 Å². The minimum absolute atomic E-state index is 0.192. The highest BCUT2D eigenvalue weighted by Crippen LogP contribution is 2.25. The van der Waals surface area contributed by atoms with Gasteiger partial charge < -0.3 is 14.2 Å². The molecule has 0 amide bonds. The van der Waals surface area contributed by atoms with Crippen LogP contribution in [0.15, 0.2) is 24.3 Å². The summed E-state index contributed by atoms with van der Waals surface area (Å²) in [5.41, 5.74) is 1.06. The zero-order valence-electron chi connectivity index (χ0n) is 12.5.